The lowest BCUT2D eigenvalue weighted by molar-refractivity contribution is -0.116. The van der Waals surface area contributed by atoms with Gasteiger partial charge in [0, 0.05) is 17.7 Å². The van der Waals surface area contributed by atoms with Crippen molar-refractivity contribution >= 4 is 23.0 Å². The van der Waals surface area contributed by atoms with E-state index in [-0.39, 0.29) is 16.4 Å². The predicted octanol–water partition coefficient (Wildman–Crippen LogP) is 4.78. The number of aromatic amines is 1. The van der Waals surface area contributed by atoms with Crippen molar-refractivity contribution in [2.45, 2.75) is 39.0 Å². The van der Waals surface area contributed by atoms with Gasteiger partial charge in [-0.2, -0.15) is 0 Å². The number of benzene rings is 1. The predicted molar refractivity (Wildman–Crippen MR) is 102 cm³/mol. The first kappa shape index (κ1) is 17.7. The third-order valence-electron chi connectivity index (χ3n) is 4.67. The molecule has 25 heavy (non-hydrogen) atoms. The van der Waals surface area contributed by atoms with E-state index in [1.54, 1.807) is 13.0 Å². The fraction of sp³-hybridized carbons (Fsp3) is 0.333. The molecule has 1 N–H and O–H groups in total. The molecule has 0 spiro atoms. The van der Waals surface area contributed by atoms with Crippen LogP contribution in [0.1, 0.15) is 49.4 Å². The maximum atomic E-state index is 11.9. The van der Waals surface area contributed by atoms with Crippen LogP contribution in [-0.2, 0) is 11.2 Å². The number of pyridine rings is 1. The van der Waals surface area contributed by atoms with Gasteiger partial charge in [-0.25, -0.2) is 0 Å². The van der Waals surface area contributed by atoms with Crippen LogP contribution in [0.5, 0.6) is 0 Å². The SMILES string of the molecule is CC(=O)Cc1ccc(/C(=C\C2CCCC2)c2ccc(Cl)c(=O)[nH]2)cc1. The molecular formula is C21H22ClNO2. The van der Waals surface area contributed by atoms with Crippen LogP contribution in [0.4, 0.5) is 0 Å². The number of aromatic nitrogens is 1. The zero-order valence-electron chi connectivity index (χ0n) is 14.3. The molecule has 130 valence electrons. The first-order valence-corrected chi connectivity index (χ1v) is 9.10. The van der Waals surface area contributed by atoms with Crippen molar-refractivity contribution in [2.75, 3.05) is 0 Å². The highest BCUT2D eigenvalue weighted by atomic mass is 35.5. The van der Waals surface area contributed by atoms with Crippen LogP contribution in [0.25, 0.3) is 5.57 Å². The fourth-order valence-corrected chi connectivity index (χ4v) is 3.51. The summed E-state index contributed by atoms with van der Waals surface area (Å²) >= 11 is 5.88. The standard InChI is InChI=1S/C21H22ClNO2/c1-14(24)12-16-6-8-17(9-7-16)18(13-15-4-2-3-5-15)20-11-10-19(22)21(25)23-20/h6-11,13,15H,2-5,12H2,1H3,(H,23,25)/b18-13+. The van der Waals surface area contributed by atoms with Gasteiger partial charge < -0.3 is 4.98 Å². The Hall–Kier alpha value is -2.13. The number of halogens is 1. The second-order valence-corrected chi connectivity index (χ2v) is 7.16. The summed E-state index contributed by atoms with van der Waals surface area (Å²) in [7, 11) is 0. The minimum atomic E-state index is -0.273. The van der Waals surface area contributed by atoms with Crippen molar-refractivity contribution in [1.82, 2.24) is 4.98 Å². The summed E-state index contributed by atoms with van der Waals surface area (Å²) in [5.41, 5.74) is 3.57. The van der Waals surface area contributed by atoms with Crippen molar-refractivity contribution in [3.63, 3.8) is 0 Å². The number of Topliss-reactive ketones (excluding diaryl/α,β-unsaturated/α-hetero) is 1. The van der Waals surface area contributed by atoms with Gasteiger partial charge in [0.15, 0.2) is 0 Å². The molecule has 0 amide bonds. The van der Waals surface area contributed by atoms with Gasteiger partial charge in [-0.1, -0.05) is 54.8 Å². The normalized spacial score (nSPS) is 15.5. The molecule has 0 saturated heterocycles. The molecule has 0 atom stereocenters. The second-order valence-electron chi connectivity index (χ2n) is 6.75. The van der Waals surface area contributed by atoms with Crippen LogP contribution in [0, 0.1) is 5.92 Å². The average Bonchev–Trinajstić information content (AvgIpc) is 3.09. The van der Waals surface area contributed by atoms with Crippen LogP contribution in [-0.4, -0.2) is 10.8 Å². The molecule has 1 fully saturated rings. The van der Waals surface area contributed by atoms with Gasteiger partial charge in [0.05, 0.1) is 0 Å². The fourth-order valence-electron chi connectivity index (χ4n) is 3.40. The summed E-state index contributed by atoms with van der Waals surface area (Å²) < 4.78 is 0. The number of carbonyl (C=O) groups is 1. The second kappa shape index (κ2) is 7.83. The van der Waals surface area contributed by atoms with Gasteiger partial charge >= 0.3 is 0 Å². The van der Waals surface area contributed by atoms with E-state index in [0.717, 1.165) is 22.4 Å². The topological polar surface area (TPSA) is 49.9 Å². The van der Waals surface area contributed by atoms with E-state index in [1.165, 1.54) is 25.7 Å². The Morgan fingerprint density at radius 3 is 2.44 bits per heavy atom. The van der Waals surface area contributed by atoms with Crippen LogP contribution >= 0.6 is 11.6 Å². The zero-order chi connectivity index (χ0) is 17.8. The van der Waals surface area contributed by atoms with E-state index in [2.05, 4.69) is 11.1 Å². The summed E-state index contributed by atoms with van der Waals surface area (Å²) in [5, 5.41) is 0.195. The van der Waals surface area contributed by atoms with Crippen LogP contribution in [0.3, 0.4) is 0 Å². The first-order chi connectivity index (χ1) is 12.0. The molecule has 4 heteroatoms. The summed E-state index contributed by atoms with van der Waals surface area (Å²) in [6, 6.07) is 11.5. The number of allylic oxidation sites excluding steroid dienone is 1. The Morgan fingerprint density at radius 1 is 1.16 bits per heavy atom. The van der Waals surface area contributed by atoms with E-state index in [0.29, 0.717) is 12.3 Å². The smallest absolute Gasteiger partial charge is 0.267 e. The van der Waals surface area contributed by atoms with Gasteiger partial charge in [0.25, 0.3) is 5.56 Å². The molecule has 3 nitrogen and oxygen atoms in total. The molecule has 0 radical (unpaired) electrons. The number of rotatable bonds is 5. The molecule has 3 rings (SSSR count). The lowest BCUT2D eigenvalue weighted by Gasteiger charge is -2.12. The minimum Gasteiger partial charge on any atom is -0.321 e. The zero-order valence-corrected chi connectivity index (χ0v) is 15.1. The van der Waals surface area contributed by atoms with E-state index < -0.39 is 0 Å². The van der Waals surface area contributed by atoms with Crippen LogP contribution in [0.2, 0.25) is 5.02 Å². The Balaban J connectivity index is 1.99. The Labute approximate surface area is 152 Å². The average molecular weight is 356 g/mol. The Kier molecular flexibility index (Phi) is 5.54. The number of carbonyl (C=O) groups excluding carboxylic acids is 1. The number of ketones is 1. The number of H-pyrrole nitrogens is 1. The molecule has 0 aliphatic heterocycles. The molecule has 1 aromatic carbocycles. The molecule has 1 aliphatic rings. The lowest BCUT2D eigenvalue weighted by atomic mass is 9.95. The summed E-state index contributed by atoms with van der Waals surface area (Å²) in [4.78, 5) is 26.1. The molecule has 1 saturated carbocycles. The first-order valence-electron chi connectivity index (χ1n) is 8.72. The van der Waals surface area contributed by atoms with Crippen molar-refractivity contribution < 1.29 is 4.79 Å². The van der Waals surface area contributed by atoms with E-state index in [1.807, 2.05) is 30.3 Å². The number of hydrogen-bond donors (Lipinski definition) is 1. The molecule has 1 aromatic heterocycles. The summed E-state index contributed by atoms with van der Waals surface area (Å²) in [6.45, 7) is 1.60. The Morgan fingerprint density at radius 2 is 1.84 bits per heavy atom. The van der Waals surface area contributed by atoms with E-state index in [4.69, 9.17) is 11.6 Å². The van der Waals surface area contributed by atoms with Gasteiger partial charge in [-0.05, 0) is 48.9 Å². The quantitative estimate of drug-likeness (QED) is 0.838. The van der Waals surface area contributed by atoms with Crippen LogP contribution < -0.4 is 5.56 Å². The Bertz CT molecular complexity index is 843. The number of nitrogens with one attached hydrogen (secondary N) is 1. The minimum absolute atomic E-state index is 0.150. The van der Waals surface area contributed by atoms with Gasteiger partial charge in [-0.15, -0.1) is 0 Å². The van der Waals surface area contributed by atoms with E-state index >= 15 is 0 Å². The highest BCUT2D eigenvalue weighted by Crippen LogP contribution is 2.31. The third kappa shape index (κ3) is 4.49. The molecule has 2 aromatic rings. The molecule has 1 aliphatic carbocycles. The maximum Gasteiger partial charge on any atom is 0.267 e. The molecule has 1 heterocycles. The largest absolute Gasteiger partial charge is 0.321 e. The molecule has 0 unspecified atom stereocenters. The third-order valence-corrected chi connectivity index (χ3v) is 4.97. The monoisotopic (exact) mass is 355 g/mol. The highest BCUT2D eigenvalue weighted by Gasteiger charge is 2.16. The van der Waals surface area contributed by atoms with Crippen molar-refractivity contribution in [3.8, 4) is 0 Å². The lowest BCUT2D eigenvalue weighted by Crippen LogP contribution is -2.09. The van der Waals surface area contributed by atoms with Crippen LogP contribution in [0.15, 0.2) is 47.3 Å². The van der Waals surface area contributed by atoms with Crippen molar-refractivity contribution in [2.24, 2.45) is 5.92 Å². The molecule has 0 bridgehead atoms. The van der Waals surface area contributed by atoms with E-state index in [9.17, 15) is 9.59 Å². The van der Waals surface area contributed by atoms with Gasteiger partial charge in [0.1, 0.15) is 10.8 Å². The highest BCUT2D eigenvalue weighted by molar-refractivity contribution is 6.30. The summed E-state index contributed by atoms with van der Waals surface area (Å²) in [5.74, 6) is 0.683. The van der Waals surface area contributed by atoms with Crippen molar-refractivity contribution in [1.29, 1.82) is 0 Å². The van der Waals surface area contributed by atoms with Gasteiger partial charge in [-0.3, -0.25) is 9.59 Å². The number of hydrogen-bond acceptors (Lipinski definition) is 2. The molecular weight excluding hydrogens is 334 g/mol. The van der Waals surface area contributed by atoms with Crippen molar-refractivity contribution in [3.05, 3.63) is 74.7 Å². The summed E-state index contributed by atoms with van der Waals surface area (Å²) in [6.07, 6.45) is 7.59. The maximum absolute atomic E-state index is 11.9. The van der Waals surface area contributed by atoms with Gasteiger partial charge in [0.2, 0.25) is 0 Å².